The van der Waals surface area contributed by atoms with Gasteiger partial charge in [0.15, 0.2) is 0 Å². The summed E-state index contributed by atoms with van der Waals surface area (Å²) in [6.07, 6.45) is 4.37. The molecule has 0 spiro atoms. The third kappa shape index (κ3) is 5.01. The summed E-state index contributed by atoms with van der Waals surface area (Å²) in [7, 11) is 0. The minimum absolute atomic E-state index is 0.0139. The second-order valence-electron chi connectivity index (χ2n) is 6.91. The van der Waals surface area contributed by atoms with Crippen molar-refractivity contribution in [2.75, 3.05) is 44.6 Å². The number of fused-ring (bicyclic) bond motifs is 1. The molecule has 1 aromatic heterocycles. The highest BCUT2D eigenvalue weighted by Gasteiger charge is 2.18. The lowest BCUT2D eigenvalue weighted by atomic mass is 10.2. The lowest BCUT2D eigenvalue weighted by Crippen LogP contribution is -2.48. The number of rotatable bonds is 6. The summed E-state index contributed by atoms with van der Waals surface area (Å²) in [4.78, 5) is 17.0. The molecule has 7 heteroatoms. The first-order valence-electron chi connectivity index (χ1n) is 9.45. The van der Waals surface area contributed by atoms with Crippen LogP contribution >= 0.6 is 11.7 Å². The number of carbonyl (C=O) groups excluding carboxylic acids is 1. The average molecular weight is 394 g/mol. The molecule has 1 fully saturated rings. The lowest BCUT2D eigenvalue weighted by Gasteiger charge is -2.33. The maximum atomic E-state index is 12.4. The lowest BCUT2D eigenvalue weighted by molar-refractivity contribution is -0.117. The van der Waals surface area contributed by atoms with Gasteiger partial charge < -0.3 is 5.32 Å². The van der Waals surface area contributed by atoms with Crippen LogP contribution in [0.4, 0.5) is 5.69 Å². The van der Waals surface area contributed by atoms with Gasteiger partial charge in [0, 0.05) is 38.4 Å². The number of hydrogen-bond donors (Lipinski definition) is 1. The van der Waals surface area contributed by atoms with E-state index in [1.54, 1.807) is 0 Å². The minimum Gasteiger partial charge on any atom is -0.325 e. The van der Waals surface area contributed by atoms with Crippen molar-refractivity contribution >= 4 is 40.4 Å². The van der Waals surface area contributed by atoms with E-state index in [1.165, 1.54) is 17.3 Å². The number of hydrogen-bond acceptors (Lipinski definition) is 6. The Labute approximate surface area is 168 Å². The van der Waals surface area contributed by atoms with Crippen LogP contribution in [0.2, 0.25) is 0 Å². The number of aromatic nitrogens is 2. The number of benzene rings is 2. The van der Waals surface area contributed by atoms with Crippen LogP contribution in [0.3, 0.4) is 0 Å². The predicted molar refractivity (Wildman–Crippen MR) is 114 cm³/mol. The standard InChI is InChI=1S/C21H23N5OS/c27-21(22-18-8-9-19-20(15-18)24-28-23-19)16-26-13-11-25(12-14-26)10-4-7-17-5-2-1-3-6-17/h1-9,15H,10-14,16H2,(H,22,27)/b7-4+. The molecule has 0 unspecified atom stereocenters. The third-order valence-electron chi connectivity index (χ3n) is 4.84. The first-order valence-corrected chi connectivity index (χ1v) is 10.2. The summed E-state index contributed by atoms with van der Waals surface area (Å²) < 4.78 is 8.39. The van der Waals surface area contributed by atoms with Crippen molar-refractivity contribution in [2.24, 2.45) is 0 Å². The SMILES string of the molecule is O=C(CN1CCN(C/C=C/c2ccccc2)CC1)Nc1ccc2nsnc2c1. The molecule has 144 valence electrons. The van der Waals surface area contributed by atoms with Gasteiger partial charge in [0.1, 0.15) is 11.0 Å². The van der Waals surface area contributed by atoms with Crippen LogP contribution in [0.25, 0.3) is 17.1 Å². The van der Waals surface area contributed by atoms with Gasteiger partial charge in [-0.2, -0.15) is 8.75 Å². The largest absolute Gasteiger partial charge is 0.325 e. The molecule has 2 heterocycles. The maximum Gasteiger partial charge on any atom is 0.238 e. The molecule has 1 N–H and O–H groups in total. The van der Waals surface area contributed by atoms with Gasteiger partial charge in [-0.25, -0.2) is 0 Å². The topological polar surface area (TPSA) is 61.4 Å². The highest BCUT2D eigenvalue weighted by molar-refractivity contribution is 7.00. The zero-order valence-electron chi connectivity index (χ0n) is 15.6. The maximum absolute atomic E-state index is 12.4. The van der Waals surface area contributed by atoms with E-state index in [4.69, 9.17) is 0 Å². The van der Waals surface area contributed by atoms with E-state index < -0.39 is 0 Å². The van der Waals surface area contributed by atoms with Gasteiger partial charge >= 0.3 is 0 Å². The van der Waals surface area contributed by atoms with E-state index in [0.29, 0.717) is 6.54 Å². The summed E-state index contributed by atoms with van der Waals surface area (Å²) in [6, 6.07) is 16.0. The van der Waals surface area contributed by atoms with Gasteiger partial charge in [0.05, 0.1) is 18.3 Å². The molecule has 0 saturated carbocycles. The molecule has 6 nitrogen and oxygen atoms in total. The van der Waals surface area contributed by atoms with Crippen molar-refractivity contribution in [3.63, 3.8) is 0 Å². The van der Waals surface area contributed by atoms with Gasteiger partial charge in [-0.15, -0.1) is 0 Å². The number of carbonyl (C=O) groups is 1. The Morgan fingerprint density at radius 1 is 1.00 bits per heavy atom. The first-order chi connectivity index (χ1) is 13.8. The number of nitrogens with zero attached hydrogens (tertiary/aromatic N) is 4. The van der Waals surface area contributed by atoms with E-state index in [1.807, 2.05) is 24.3 Å². The van der Waals surface area contributed by atoms with Crippen molar-refractivity contribution in [1.29, 1.82) is 0 Å². The second kappa shape index (κ2) is 9.05. The Balaban J connectivity index is 1.20. The Morgan fingerprint density at radius 3 is 2.57 bits per heavy atom. The number of anilines is 1. The molecule has 0 radical (unpaired) electrons. The number of nitrogens with one attached hydrogen (secondary N) is 1. The molecule has 2 aromatic carbocycles. The summed E-state index contributed by atoms with van der Waals surface area (Å²) in [5.74, 6) is 0.0139. The average Bonchev–Trinajstić information content (AvgIpc) is 3.18. The Bertz CT molecular complexity index is 948. The molecular weight excluding hydrogens is 370 g/mol. The minimum atomic E-state index is 0.0139. The number of piperazine rings is 1. The summed E-state index contributed by atoms with van der Waals surface area (Å²) in [5.41, 5.74) is 3.68. The van der Waals surface area contributed by atoms with Crippen molar-refractivity contribution < 1.29 is 4.79 Å². The zero-order chi connectivity index (χ0) is 19.2. The summed E-state index contributed by atoms with van der Waals surface area (Å²) in [6.45, 7) is 5.12. The third-order valence-corrected chi connectivity index (χ3v) is 5.40. The van der Waals surface area contributed by atoms with E-state index in [-0.39, 0.29) is 5.91 Å². The highest BCUT2D eigenvalue weighted by atomic mass is 32.1. The van der Waals surface area contributed by atoms with Gasteiger partial charge in [-0.1, -0.05) is 42.5 Å². The highest BCUT2D eigenvalue weighted by Crippen LogP contribution is 2.17. The van der Waals surface area contributed by atoms with Crippen molar-refractivity contribution in [2.45, 2.75) is 0 Å². The summed E-state index contributed by atoms with van der Waals surface area (Å²) in [5, 5.41) is 2.97. The van der Waals surface area contributed by atoms with Gasteiger partial charge in [0.2, 0.25) is 5.91 Å². The fraction of sp³-hybridized carbons (Fsp3) is 0.286. The van der Waals surface area contributed by atoms with Crippen molar-refractivity contribution in [1.82, 2.24) is 18.5 Å². The van der Waals surface area contributed by atoms with E-state index in [2.05, 4.69) is 60.3 Å². The van der Waals surface area contributed by atoms with Gasteiger partial charge in [-0.3, -0.25) is 14.6 Å². The molecule has 1 saturated heterocycles. The molecule has 0 atom stereocenters. The van der Waals surface area contributed by atoms with Crippen LogP contribution in [-0.2, 0) is 4.79 Å². The molecule has 0 aliphatic carbocycles. The van der Waals surface area contributed by atoms with E-state index in [9.17, 15) is 4.79 Å². The van der Waals surface area contributed by atoms with Crippen molar-refractivity contribution in [3.05, 3.63) is 60.2 Å². The van der Waals surface area contributed by atoms with E-state index >= 15 is 0 Å². The number of amides is 1. The normalized spacial score (nSPS) is 16.0. The smallest absolute Gasteiger partial charge is 0.238 e. The zero-order valence-corrected chi connectivity index (χ0v) is 16.4. The van der Waals surface area contributed by atoms with Crippen LogP contribution in [0.1, 0.15) is 5.56 Å². The molecule has 28 heavy (non-hydrogen) atoms. The Hall–Kier alpha value is -2.61. The van der Waals surface area contributed by atoms with Gasteiger partial charge in [0.25, 0.3) is 0 Å². The van der Waals surface area contributed by atoms with Crippen LogP contribution in [0.5, 0.6) is 0 Å². The monoisotopic (exact) mass is 393 g/mol. The van der Waals surface area contributed by atoms with Crippen molar-refractivity contribution in [3.8, 4) is 0 Å². The molecule has 4 rings (SSSR count). The van der Waals surface area contributed by atoms with Crippen LogP contribution in [-0.4, -0.2) is 63.7 Å². The quantitative estimate of drug-likeness (QED) is 0.698. The predicted octanol–water partition coefficient (Wildman–Crippen LogP) is 2.96. The Kier molecular flexibility index (Phi) is 6.06. The molecule has 1 aliphatic heterocycles. The second-order valence-corrected chi connectivity index (χ2v) is 7.43. The fourth-order valence-corrected chi connectivity index (χ4v) is 3.81. The fourth-order valence-electron chi connectivity index (χ4n) is 3.30. The first kappa shape index (κ1) is 18.7. The van der Waals surface area contributed by atoms with Crippen LogP contribution < -0.4 is 5.32 Å². The summed E-state index contributed by atoms with van der Waals surface area (Å²) >= 11 is 1.18. The molecule has 3 aromatic rings. The van der Waals surface area contributed by atoms with Crippen LogP contribution in [0, 0.1) is 0 Å². The van der Waals surface area contributed by atoms with E-state index in [0.717, 1.165) is 49.4 Å². The molecular formula is C21H23N5OS. The molecule has 0 bridgehead atoms. The molecule has 1 amide bonds. The molecule has 1 aliphatic rings. The Morgan fingerprint density at radius 2 is 1.75 bits per heavy atom. The van der Waals surface area contributed by atoms with Crippen LogP contribution in [0.15, 0.2) is 54.6 Å². The van der Waals surface area contributed by atoms with Gasteiger partial charge in [-0.05, 0) is 23.8 Å².